The Kier molecular flexibility index (Phi) is 7.53. The molecule has 26 heavy (non-hydrogen) atoms. The molecule has 3 nitrogen and oxygen atoms in total. The Labute approximate surface area is 157 Å². The third kappa shape index (κ3) is 5.86. The lowest BCUT2D eigenvalue weighted by Gasteiger charge is -2.22. The smallest absolute Gasteiger partial charge is 0.119 e. The van der Waals surface area contributed by atoms with Crippen molar-refractivity contribution in [1.82, 2.24) is 5.32 Å². The SMILES string of the molecule is CCOCCCOc1cccc(-c2ccc(CC3CCCNC3)cc2)c1. The molecule has 140 valence electrons. The van der Waals surface area contributed by atoms with Crippen molar-refractivity contribution in [2.75, 3.05) is 32.9 Å². The van der Waals surface area contributed by atoms with Crippen molar-refractivity contribution >= 4 is 0 Å². The highest BCUT2D eigenvalue weighted by Crippen LogP contribution is 2.25. The maximum absolute atomic E-state index is 5.85. The quantitative estimate of drug-likeness (QED) is 0.663. The van der Waals surface area contributed by atoms with Gasteiger partial charge in [0, 0.05) is 19.6 Å². The minimum atomic E-state index is 0.692. The first-order chi connectivity index (χ1) is 12.8. The largest absolute Gasteiger partial charge is 0.493 e. The molecule has 0 radical (unpaired) electrons. The van der Waals surface area contributed by atoms with E-state index in [9.17, 15) is 0 Å². The van der Waals surface area contributed by atoms with Crippen molar-refractivity contribution in [2.45, 2.75) is 32.6 Å². The Morgan fingerprint density at radius 1 is 1.04 bits per heavy atom. The van der Waals surface area contributed by atoms with Crippen LogP contribution >= 0.6 is 0 Å². The van der Waals surface area contributed by atoms with Crippen molar-refractivity contribution in [1.29, 1.82) is 0 Å². The summed E-state index contributed by atoms with van der Waals surface area (Å²) in [5, 5.41) is 3.50. The van der Waals surface area contributed by atoms with Crippen LogP contribution in [0.25, 0.3) is 11.1 Å². The highest BCUT2D eigenvalue weighted by molar-refractivity contribution is 5.65. The van der Waals surface area contributed by atoms with Gasteiger partial charge in [-0.1, -0.05) is 36.4 Å². The summed E-state index contributed by atoms with van der Waals surface area (Å²) < 4.78 is 11.2. The number of piperidine rings is 1. The summed E-state index contributed by atoms with van der Waals surface area (Å²) in [5.41, 5.74) is 3.89. The van der Waals surface area contributed by atoms with Gasteiger partial charge >= 0.3 is 0 Å². The van der Waals surface area contributed by atoms with E-state index in [4.69, 9.17) is 9.47 Å². The van der Waals surface area contributed by atoms with E-state index in [2.05, 4.69) is 47.8 Å². The fourth-order valence-corrected chi connectivity index (χ4v) is 3.53. The van der Waals surface area contributed by atoms with Crippen LogP contribution < -0.4 is 10.1 Å². The van der Waals surface area contributed by atoms with Gasteiger partial charge in [-0.2, -0.15) is 0 Å². The second kappa shape index (κ2) is 10.3. The molecule has 0 saturated carbocycles. The van der Waals surface area contributed by atoms with Crippen LogP contribution in [0, 0.1) is 5.92 Å². The molecular weight excluding hydrogens is 322 g/mol. The van der Waals surface area contributed by atoms with Crippen LogP contribution in [0.15, 0.2) is 48.5 Å². The van der Waals surface area contributed by atoms with Crippen LogP contribution in [-0.2, 0) is 11.2 Å². The van der Waals surface area contributed by atoms with E-state index >= 15 is 0 Å². The molecule has 0 aliphatic carbocycles. The van der Waals surface area contributed by atoms with Gasteiger partial charge in [-0.15, -0.1) is 0 Å². The number of benzene rings is 2. The molecular formula is C23H31NO2. The lowest BCUT2D eigenvalue weighted by atomic mass is 9.91. The van der Waals surface area contributed by atoms with E-state index in [1.54, 1.807) is 0 Å². The number of ether oxygens (including phenoxy) is 2. The first-order valence-electron chi connectivity index (χ1n) is 9.96. The Morgan fingerprint density at radius 2 is 1.92 bits per heavy atom. The standard InChI is InChI=1S/C23H31NO2/c1-2-25-14-5-15-26-23-8-3-7-22(17-23)21-11-9-19(10-12-21)16-20-6-4-13-24-18-20/h3,7-12,17,20,24H,2,4-6,13-16,18H2,1H3. The fourth-order valence-electron chi connectivity index (χ4n) is 3.53. The van der Waals surface area contributed by atoms with E-state index in [1.807, 2.05) is 13.0 Å². The van der Waals surface area contributed by atoms with Crippen LogP contribution in [-0.4, -0.2) is 32.9 Å². The topological polar surface area (TPSA) is 30.5 Å². The van der Waals surface area contributed by atoms with Gasteiger partial charge in [0.2, 0.25) is 0 Å². The van der Waals surface area contributed by atoms with Crippen LogP contribution in [0.2, 0.25) is 0 Å². The number of rotatable bonds is 9. The monoisotopic (exact) mass is 353 g/mol. The summed E-state index contributed by atoms with van der Waals surface area (Å²) in [6.07, 6.45) is 4.75. The Hall–Kier alpha value is -1.84. The van der Waals surface area contributed by atoms with Crippen LogP contribution in [0.3, 0.4) is 0 Å². The minimum absolute atomic E-state index is 0.692. The second-order valence-electron chi connectivity index (χ2n) is 7.04. The molecule has 2 aromatic rings. The fraction of sp³-hybridized carbons (Fsp3) is 0.478. The maximum Gasteiger partial charge on any atom is 0.119 e. The van der Waals surface area contributed by atoms with Gasteiger partial charge in [0.1, 0.15) is 5.75 Å². The third-order valence-corrected chi connectivity index (χ3v) is 4.95. The first-order valence-corrected chi connectivity index (χ1v) is 9.96. The van der Waals surface area contributed by atoms with Crippen molar-refractivity contribution in [3.8, 4) is 16.9 Å². The zero-order chi connectivity index (χ0) is 18.0. The zero-order valence-electron chi connectivity index (χ0n) is 15.9. The van der Waals surface area contributed by atoms with Gasteiger partial charge in [0.25, 0.3) is 0 Å². The van der Waals surface area contributed by atoms with E-state index in [1.165, 1.54) is 42.5 Å². The molecule has 0 bridgehead atoms. The molecule has 1 unspecified atom stereocenters. The van der Waals surface area contributed by atoms with Gasteiger partial charge in [0.15, 0.2) is 0 Å². The van der Waals surface area contributed by atoms with E-state index < -0.39 is 0 Å². The van der Waals surface area contributed by atoms with E-state index in [0.29, 0.717) is 6.61 Å². The van der Waals surface area contributed by atoms with Gasteiger partial charge < -0.3 is 14.8 Å². The molecule has 1 fully saturated rings. The molecule has 1 aliphatic rings. The molecule has 0 aromatic heterocycles. The van der Waals surface area contributed by atoms with Gasteiger partial charge in [-0.05, 0) is 74.0 Å². The molecule has 0 spiro atoms. The summed E-state index contributed by atoms with van der Waals surface area (Å²) in [6.45, 7) is 6.57. The predicted molar refractivity (Wildman–Crippen MR) is 108 cm³/mol. The van der Waals surface area contributed by atoms with Crippen molar-refractivity contribution < 1.29 is 9.47 Å². The second-order valence-corrected chi connectivity index (χ2v) is 7.04. The summed E-state index contributed by atoms with van der Waals surface area (Å²) in [7, 11) is 0. The van der Waals surface area contributed by atoms with Gasteiger partial charge in [-0.25, -0.2) is 0 Å². The molecule has 1 heterocycles. The summed E-state index contributed by atoms with van der Waals surface area (Å²) in [6, 6.07) is 17.4. The van der Waals surface area contributed by atoms with Crippen molar-refractivity contribution in [2.24, 2.45) is 5.92 Å². The van der Waals surface area contributed by atoms with Crippen LogP contribution in [0.4, 0.5) is 0 Å². The van der Waals surface area contributed by atoms with E-state index in [-0.39, 0.29) is 0 Å². The van der Waals surface area contributed by atoms with Crippen LogP contribution in [0.5, 0.6) is 5.75 Å². The molecule has 0 amide bonds. The number of nitrogens with one attached hydrogen (secondary N) is 1. The Morgan fingerprint density at radius 3 is 2.69 bits per heavy atom. The molecule has 1 atom stereocenters. The Balaban J connectivity index is 1.55. The van der Waals surface area contributed by atoms with Crippen molar-refractivity contribution in [3.63, 3.8) is 0 Å². The molecule has 1 N–H and O–H groups in total. The Bertz CT molecular complexity index is 648. The van der Waals surface area contributed by atoms with Gasteiger partial charge in [-0.3, -0.25) is 0 Å². The third-order valence-electron chi connectivity index (χ3n) is 4.95. The summed E-state index contributed by atoms with van der Waals surface area (Å²) >= 11 is 0. The molecule has 3 heteroatoms. The minimum Gasteiger partial charge on any atom is -0.493 e. The lowest BCUT2D eigenvalue weighted by Crippen LogP contribution is -2.30. The first kappa shape index (κ1) is 18.9. The van der Waals surface area contributed by atoms with Gasteiger partial charge in [0.05, 0.1) is 6.61 Å². The van der Waals surface area contributed by atoms with Crippen LogP contribution in [0.1, 0.15) is 31.7 Å². The summed E-state index contributed by atoms with van der Waals surface area (Å²) in [5.74, 6) is 1.71. The average molecular weight is 354 g/mol. The summed E-state index contributed by atoms with van der Waals surface area (Å²) in [4.78, 5) is 0. The highest BCUT2D eigenvalue weighted by Gasteiger charge is 2.13. The highest BCUT2D eigenvalue weighted by atomic mass is 16.5. The average Bonchev–Trinajstić information content (AvgIpc) is 2.69. The molecule has 2 aromatic carbocycles. The lowest BCUT2D eigenvalue weighted by molar-refractivity contribution is 0.131. The normalized spacial score (nSPS) is 17.2. The predicted octanol–water partition coefficient (Wildman–Crippen LogP) is 4.70. The number of hydrogen-bond acceptors (Lipinski definition) is 3. The zero-order valence-corrected chi connectivity index (χ0v) is 15.9. The maximum atomic E-state index is 5.85. The molecule has 1 saturated heterocycles. The molecule has 1 aliphatic heterocycles. The van der Waals surface area contributed by atoms with Crippen molar-refractivity contribution in [3.05, 3.63) is 54.1 Å². The molecule has 3 rings (SSSR count). The number of hydrogen-bond donors (Lipinski definition) is 1. The van der Waals surface area contributed by atoms with E-state index in [0.717, 1.165) is 37.8 Å².